The van der Waals surface area contributed by atoms with Crippen LogP contribution in [0.5, 0.6) is 5.88 Å². The Hall–Kier alpha value is -0.640. The molecule has 0 unspecified atom stereocenters. The van der Waals surface area contributed by atoms with E-state index < -0.39 is 0 Å². The van der Waals surface area contributed by atoms with E-state index in [-0.39, 0.29) is 0 Å². The molecule has 1 fully saturated rings. The van der Waals surface area contributed by atoms with E-state index in [1.54, 1.807) is 6.33 Å². The van der Waals surface area contributed by atoms with Crippen molar-refractivity contribution in [2.75, 3.05) is 6.61 Å². The quantitative estimate of drug-likeness (QED) is 0.777. The van der Waals surface area contributed by atoms with Crippen LogP contribution in [-0.4, -0.2) is 16.6 Å². The van der Waals surface area contributed by atoms with Gasteiger partial charge in [0, 0.05) is 10.9 Å². The molecule has 1 aromatic heterocycles. The maximum Gasteiger partial charge on any atom is 0.219 e. The van der Waals surface area contributed by atoms with E-state index in [1.807, 2.05) is 6.92 Å². The van der Waals surface area contributed by atoms with Gasteiger partial charge in [0.2, 0.25) is 5.88 Å². The summed E-state index contributed by atoms with van der Waals surface area (Å²) >= 11 is 3.39. The minimum atomic E-state index is 0.737. The zero-order valence-corrected chi connectivity index (χ0v) is 9.75. The zero-order chi connectivity index (χ0) is 9.97. The molecule has 1 aliphatic rings. The van der Waals surface area contributed by atoms with E-state index in [0.717, 1.165) is 35.0 Å². The Kier molecular flexibility index (Phi) is 3.01. The maximum atomic E-state index is 5.63. The second-order valence-corrected chi connectivity index (χ2v) is 4.20. The summed E-state index contributed by atoms with van der Waals surface area (Å²) < 4.78 is 5.63. The average Bonchev–Trinajstić information content (AvgIpc) is 3.00. The van der Waals surface area contributed by atoms with Gasteiger partial charge >= 0.3 is 0 Å². The van der Waals surface area contributed by atoms with Crippen LogP contribution in [0.4, 0.5) is 0 Å². The smallest absolute Gasteiger partial charge is 0.219 e. The van der Waals surface area contributed by atoms with Crippen LogP contribution in [0, 0.1) is 12.8 Å². The molecule has 4 heteroatoms. The summed E-state index contributed by atoms with van der Waals surface area (Å²) in [4.78, 5) is 8.29. The van der Waals surface area contributed by atoms with Gasteiger partial charge in [-0.3, -0.25) is 0 Å². The third-order valence-electron chi connectivity index (χ3n) is 2.42. The van der Waals surface area contributed by atoms with Gasteiger partial charge in [-0.15, -0.1) is 0 Å². The van der Waals surface area contributed by atoms with Gasteiger partial charge in [-0.25, -0.2) is 9.97 Å². The molecule has 0 radical (unpaired) electrons. The molecule has 3 nitrogen and oxygen atoms in total. The number of alkyl halides is 1. The van der Waals surface area contributed by atoms with Crippen molar-refractivity contribution in [3.63, 3.8) is 0 Å². The Morgan fingerprint density at radius 3 is 2.93 bits per heavy atom. The van der Waals surface area contributed by atoms with Crippen molar-refractivity contribution in [2.24, 2.45) is 5.92 Å². The standard InChI is InChI=1S/C10H13BrN2O/c1-7-9(4-11)12-6-13-10(7)14-5-8-2-3-8/h6,8H,2-5H2,1H3. The van der Waals surface area contributed by atoms with Gasteiger partial charge < -0.3 is 4.74 Å². The van der Waals surface area contributed by atoms with Gasteiger partial charge in [-0.2, -0.15) is 0 Å². The third-order valence-corrected chi connectivity index (χ3v) is 2.95. The Labute approximate surface area is 92.0 Å². The second-order valence-electron chi connectivity index (χ2n) is 3.64. The summed E-state index contributed by atoms with van der Waals surface area (Å²) in [6, 6.07) is 0. The minimum Gasteiger partial charge on any atom is -0.477 e. The fraction of sp³-hybridized carbons (Fsp3) is 0.600. The number of ether oxygens (including phenoxy) is 1. The van der Waals surface area contributed by atoms with Crippen LogP contribution >= 0.6 is 15.9 Å². The lowest BCUT2D eigenvalue weighted by Gasteiger charge is -2.08. The van der Waals surface area contributed by atoms with E-state index in [9.17, 15) is 0 Å². The summed E-state index contributed by atoms with van der Waals surface area (Å²) in [5, 5.41) is 0.751. The Morgan fingerprint density at radius 1 is 1.50 bits per heavy atom. The number of halogens is 1. The van der Waals surface area contributed by atoms with Crippen LogP contribution in [0.3, 0.4) is 0 Å². The molecule has 2 rings (SSSR count). The van der Waals surface area contributed by atoms with Crippen LogP contribution in [0.1, 0.15) is 24.1 Å². The molecule has 0 saturated heterocycles. The van der Waals surface area contributed by atoms with E-state index in [0.29, 0.717) is 0 Å². The highest BCUT2D eigenvalue weighted by molar-refractivity contribution is 9.08. The van der Waals surface area contributed by atoms with Gasteiger partial charge in [-0.1, -0.05) is 15.9 Å². The topological polar surface area (TPSA) is 35.0 Å². The summed E-state index contributed by atoms with van der Waals surface area (Å²) in [6.45, 7) is 2.80. The summed E-state index contributed by atoms with van der Waals surface area (Å²) in [7, 11) is 0. The molecule has 0 spiro atoms. The molecule has 0 N–H and O–H groups in total. The Morgan fingerprint density at radius 2 is 2.29 bits per heavy atom. The van der Waals surface area contributed by atoms with Gasteiger partial charge in [-0.05, 0) is 25.7 Å². The molecule has 1 aliphatic carbocycles. The number of aromatic nitrogens is 2. The highest BCUT2D eigenvalue weighted by Gasteiger charge is 2.22. The van der Waals surface area contributed by atoms with Crippen molar-refractivity contribution in [3.8, 4) is 5.88 Å². The van der Waals surface area contributed by atoms with Crippen LogP contribution in [0.2, 0.25) is 0 Å². The largest absolute Gasteiger partial charge is 0.477 e. The van der Waals surface area contributed by atoms with Crippen molar-refractivity contribution < 1.29 is 4.74 Å². The molecule has 0 amide bonds. The number of hydrogen-bond donors (Lipinski definition) is 0. The first-order valence-electron chi connectivity index (χ1n) is 4.80. The predicted molar refractivity (Wildman–Crippen MR) is 57.6 cm³/mol. The fourth-order valence-electron chi connectivity index (χ4n) is 1.23. The molecule has 0 aliphatic heterocycles. The highest BCUT2D eigenvalue weighted by Crippen LogP contribution is 2.30. The first-order chi connectivity index (χ1) is 6.81. The lowest BCUT2D eigenvalue weighted by molar-refractivity contribution is 0.285. The lowest BCUT2D eigenvalue weighted by Crippen LogP contribution is -2.04. The maximum absolute atomic E-state index is 5.63. The molecule has 1 aromatic rings. The van der Waals surface area contributed by atoms with Crippen LogP contribution in [-0.2, 0) is 5.33 Å². The Balaban J connectivity index is 2.06. The van der Waals surface area contributed by atoms with E-state index in [2.05, 4.69) is 25.9 Å². The fourth-order valence-corrected chi connectivity index (χ4v) is 1.79. The van der Waals surface area contributed by atoms with Crippen molar-refractivity contribution >= 4 is 15.9 Å². The normalized spacial score (nSPS) is 15.6. The Bertz CT molecular complexity index is 326. The molecule has 1 saturated carbocycles. The van der Waals surface area contributed by atoms with E-state index in [1.165, 1.54) is 12.8 Å². The first-order valence-corrected chi connectivity index (χ1v) is 5.92. The van der Waals surface area contributed by atoms with Crippen molar-refractivity contribution in [3.05, 3.63) is 17.6 Å². The number of nitrogens with zero attached hydrogens (tertiary/aromatic N) is 2. The SMILES string of the molecule is Cc1c(CBr)ncnc1OCC1CC1. The third kappa shape index (κ3) is 2.23. The van der Waals surface area contributed by atoms with Gasteiger partial charge in [0.1, 0.15) is 6.33 Å². The molecular weight excluding hydrogens is 244 g/mol. The first kappa shape index (κ1) is 9.90. The molecule has 0 bridgehead atoms. The molecule has 0 aromatic carbocycles. The van der Waals surface area contributed by atoms with Crippen molar-refractivity contribution in [1.29, 1.82) is 0 Å². The van der Waals surface area contributed by atoms with Crippen LogP contribution in [0.25, 0.3) is 0 Å². The summed E-state index contributed by atoms with van der Waals surface area (Å²) in [5.74, 6) is 1.50. The average molecular weight is 257 g/mol. The van der Waals surface area contributed by atoms with E-state index in [4.69, 9.17) is 4.74 Å². The monoisotopic (exact) mass is 256 g/mol. The number of rotatable bonds is 4. The molecule has 1 heterocycles. The number of hydrogen-bond acceptors (Lipinski definition) is 3. The predicted octanol–water partition coefficient (Wildman–Crippen LogP) is 2.47. The minimum absolute atomic E-state index is 0.737. The lowest BCUT2D eigenvalue weighted by atomic mass is 10.3. The van der Waals surface area contributed by atoms with Crippen molar-refractivity contribution in [1.82, 2.24) is 9.97 Å². The summed E-state index contributed by atoms with van der Waals surface area (Å²) in [5.41, 5.74) is 2.05. The van der Waals surface area contributed by atoms with Gasteiger partial charge in [0.05, 0.1) is 12.3 Å². The van der Waals surface area contributed by atoms with Gasteiger partial charge in [0.25, 0.3) is 0 Å². The molecular formula is C10H13BrN2O. The molecule has 76 valence electrons. The van der Waals surface area contributed by atoms with Gasteiger partial charge in [0.15, 0.2) is 0 Å². The molecule has 14 heavy (non-hydrogen) atoms. The second kappa shape index (κ2) is 4.26. The molecule has 0 atom stereocenters. The van der Waals surface area contributed by atoms with Crippen LogP contribution < -0.4 is 4.74 Å². The van der Waals surface area contributed by atoms with E-state index >= 15 is 0 Å². The zero-order valence-electron chi connectivity index (χ0n) is 8.16. The van der Waals surface area contributed by atoms with Crippen LogP contribution in [0.15, 0.2) is 6.33 Å². The summed E-state index contributed by atoms with van der Waals surface area (Å²) in [6.07, 6.45) is 4.16. The van der Waals surface area contributed by atoms with Crippen molar-refractivity contribution in [2.45, 2.75) is 25.1 Å². The highest BCUT2D eigenvalue weighted by atomic mass is 79.9.